The van der Waals surface area contributed by atoms with Gasteiger partial charge in [-0.3, -0.25) is 4.68 Å². The normalized spacial score (nSPS) is 13.0. The number of halogens is 1. The fourth-order valence-electron chi connectivity index (χ4n) is 1.40. The summed E-state index contributed by atoms with van der Waals surface area (Å²) in [6, 6.07) is 0.294. The maximum absolute atomic E-state index is 5.82. The fourth-order valence-corrected chi connectivity index (χ4v) is 2.44. The summed E-state index contributed by atoms with van der Waals surface area (Å²) in [4.78, 5) is 4.43. The lowest BCUT2D eigenvalue weighted by atomic mass is 10.2. The third-order valence-corrected chi connectivity index (χ3v) is 3.34. The summed E-state index contributed by atoms with van der Waals surface area (Å²) in [7, 11) is 0. The molecule has 0 fully saturated rings. The Kier molecular flexibility index (Phi) is 3.07. The van der Waals surface area contributed by atoms with Crippen molar-refractivity contribution in [3.05, 3.63) is 33.5 Å². The Morgan fingerprint density at radius 2 is 2.40 bits per heavy atom. The Balaban J connectivity index is 2.06. The van der Waals surface area contributed by atoms with Gasteiger partial charge in [0.1, 0.15) is 0 Å². The minimum atomic E-state index is 0.294. The molecule has 0 saturated carbocycles. The molecule has 1 atom stereocenters. The summed E-state index contributed by atoms with van der Waals surface area (Å²) in [6.45, 7) is 4.12. The highest BCUT2D eigenvalue weighted by atomic mass is 35.5. The van der Waals surface area contributed by atoms with Gasteiger partial charge in [-0.15, -0.1) is 11.3 Å². The second kappa shape index (κ2) is 4.33. The van der Waals surface area contributed by atoms with Crippen molar-refractivity contribution in [3.63, 3.8) is 0 Å². The summed E-state index contributed by atoms with van der Waals surface area (Å²) in [5.74, 6) is 0. The van der Waals surface area contributed by atoms with Crippen LogP contribution in [0.5, 0.6) is 0 Å². The van der Waals surface area contributed by atoms with Crippen LogP contribution in [0, 0.1) is 6.92 Å². The van der Waals surface area contributed by atoms with Crippen LogP contribution in [0.3, 0.4) is 0 Å². The Morgan fingerprint density at radius 3 is 2.93 bits per heavy atom. The highest BCUT2D eigenvalue weighted by Crippen LogP contribution is 2.18. The Bertz CT molecular complexity index is 449. The number of nitrogens with zero attached hydrogens (tertiary/aromatic N) is 3. The predicted molar refractivity (Wildman–Crippen MR) is 62.5 cm³/mol. The van der Waals surface area contributed by atoms with E-state index in [0.717, 1.165) is 17.1 Å². The average Bonchev–Trinajstić information content (AvgIpc) is 2.75. The molecule has 2 aromatic heterocycles. The van der Waals surface area contributed by atoms with Gasteiger partial charge in [-0.2, -0.15) is 5.10 Å². The standard InChI is InChI=1S/C10H12ClN3S/c1-7-6-15-10(13-7)3-8(2)14-5-9(11)4-12-14/h4-6,8H,3H2,1-2H3/t8-/m1/s1. The molecule has 5 heteroatoms. The molecule has 2 rings (SSSR count). The molecule has 80 valence electrons. The number of rotatable bonds is 3. The number of aryl methyl sites for hydroxylation is 1. The van der Waals surface area contributed by atoms with Gasteiger partial charge < -0.3 is 0 Å². The van der Waals surface area contributed by atoms with Gasteiger partial charge in [0.05, 0.1) is 22.3 Å². The molecule has 3 nitrogen and oxygen atoms in total. The van der Waals surface area contributed by atoms with E-state index in [1.165, 1.54) is 0 Å². The van der Waals surface area contributed by atoms with Gasteiger partial charge >= 0.3 is 0 Å². The molecular weight excluding hydrogens is 230 g/mol. The molecule has 0 unspecified atom stereocenters. The van der Waals surface area contributed by atoms with Gasteiger partial charge in [-0.05, 0) is 13.8 Å². The van der Waals surface area contributed by atoms with Gasteiger partial charge in [-0.25, -0.2) is 4.98 Å². The minimum absolute atomic E-state index is 0.294. The highest BCUT2D eigenvalue weighted by Gasteiger charge is 2.09. The topological polar surface area (TPSA) is 30.7 Å². The second-order valence-corrected chi connectivity index (χ2v) is 4.95. The summed E-state index contributed by atoms with van der Waals surface area (Å²) < 4.78 is 1.87. The van der Waals surface area contributed by atoms with Crippen molar-refractivity contribution in [2.45, 2.75) is 26.3 Å². The molecule has 2 heterocycles. The molecule has 0 aliphatic carbocycles. The van der Waals surface area contributed by atoms with Crippen molar-refractivity contribution < 1.29 is 0 Å². The average molecular weight is 242 g/mol. The zero-order valence-corrected chi connectivity index (χ0v) is 10.2. The van der Waals surface area contributed by atoms with Crippen molar-refractivity contribution in [2.75, 3.05) is 0 Å². The molecule has 0 N–H and O–H groups in total. The van der Waals surface area contributed by atoms with Gasteiger partial charge in [0, 0.05) is 23.7 Å². The molecule has 0 bridgehead atoms. The largest absolute Gasteiger partial charge is 0.268 e. The molecule has 0 aliphatic heterocycles. The molecule has 0 spiro atoms. The van der Waals surface area contributed by atoms with E-state index >= 15 is 0 Å². The fraction of sp³-hybridized carbons (Fsp3) is 0.400. The number of thiazole rings is 1. The van der Waals surface area contributed by atoms with Crippen LogP contribution in [0.2, 0.25) is 5.02 Å². The molecule has 0 radical (unpaired) electrons. The van der Waals surface area contributed by atoms with E-state index in [2.05, 4.69) is 22.4 Å². The van der Waals surface area contributed by atoms with Crippen LogP contribution < -0.4 is 0 Å². The zero-order chi connectivity index (χ0) is 10.8. The van der Waals surface area contributed by atoms with Crippen LogP contribution in [-0.2, 0) is 6.42 Å². The third-order valence-electron chi connectivity index (χ3n) is 2.16. The van der Waals surface area contributed by atoms with Crippen LogP contribution in [0.1, 0.15) is 23.7 Å². The monoisotopic (exact) mass is 241 g/mol. The van der Waals surface area contributed by atoms with Crippen molar-refractivity contribution in [2.24, 2.45) is 0 Å². The summed E-state index contributed by atoms with van der Waals surface area (Å²) in [6.07, 6.45) is 4.40. The molecule has 0 aromatic carbocycles. The van der Waals surface area contributed by atoms with Crippen LogP contribution in [0.4, 0.5) is 0 Å². The third kappa shape index (κ3) is 2.58. The molecular formula is C10H12ClN3S. The van der Waals surface area contributed by atoms with Crippen LogP contribution >= 0.6 is 22.9 Å². The SMILES string of the molecule is Cc1csc(C[C@@H](C)n2cc(Cl)cn2)n1. The Morgan fingerprint density at radius 1 is 1.60 bits per heavy atom. The molecule has 0 amide bonds. The minimum Gasteiger partial charge on any atom is -0.268 e. The van der Waals surface area contributed by atoms with E-state index < -0.39 is 0 Å². The van der Waals surface area contributed by atoms with Crippen LogP contribution in [-0.4, -0.2) is 14.8 Å². The van der Waals surface area contributed by atoms with E-state index in [4.69, 9.17) is 11.6 Å². The van der Waals surface area contributed by atoms with Gasteiger partial charge in [0.25, 0.3) is 0 Å². The number of aromatic nitrogens is 3. The summed E-state index contributed by atoms with van der Waals surface area (Å²) in [5, 5.41) is 8.07. The van der Waals surface area contributed by atoms with E-state index in [1.54, 1.807) is 17.5 Å². The number of hydrogen-bond donors (Lipinski definition) is 0. The molecule has 0 aliphatic rings. The van der Waals surface area contributed by atoms with E-state index in [9.17, 15) is 0 Å². The second-order valence-electron chi connectivity index (χ2n) is 3.57. The van der Waals surface area contributed by atoms with Gasteiger partial charge in [-0.1, -0.05) is 11.6 Å². The van der Waals surface area contributed by atoms with Crippen LogP contribution in [0.15, 0.2) is 17.8 Å². The smallest absolute Gasteiger partial charge is 0.0949 e. The lowest BCUT2D eigenvalue weighted by Gasteiger charge is -2.09. The van der Waals surface area contributed by atoms with Gasteiger partial charge in [0.2, 0.25) is 0 Å². The number of hydrogen-bond acceptors (Lipinski definition) is 3. The van der Waals surface area contributed by atoms with E-state index in [0.29, 0.717) is 11.1 Å². The zero-order valence-electron chi connectivity index (χ0n) is 8.64. The highest BCUT2D eigenvalue weighted by molar-refractivity contribution is 7.09. The molecule has 15 heavy (non-hydrogen) atoms. The summed E-state index contributed by atoms with van der Waals surface area (Å²) in [5.41, 5.74) is 1.08. The summed E-state index contributed by atoms with van der Waals surface area (Å²) >= 11 is 7.51. The Hall–Kier alpha value is -0.870. The first kappa shape index (κ1) is 10.6. The van der Waals surface area contributed by atoms with E-state index in [-0.39, 0.29) is 0 Å². The molecule has 2 aromatic rings. The van der Waals surface area contributed by atoms with E-state index in [1.807, 2.05) is 17.8 Å². The van der Waals surface area contributed by atoms with Crippen molar-refractivity contribution >= 4 is 22.9 Å². The van der Waals surface area contributed by atoms with Crippen molar-refractivity contribution in [1.29, 1.82) is 0 Å². The maximum atomic E-state index is 5.82. The molecule has 0 saturated heterocycles. The predicted octanol–water partition coefficient (Wildman–Crippen LogP) is 3.11. The van der Waals surface area contributed by atoms with Crippen molar-refractivity contribution in [3.8, 4) is 0 Å². The lowest BCUT2D eigenvalue weighted by molar-refractivity contribution is 0.488. The lowest BCUT2D eigenvalue weighted by Crippen LogP contribution is -2.08. The Labute approximate surface area is 97.7 Å². The first-order valence-corrected chi connectivity index (χ1v) is 6.01. The first-order chi connectivity index (χ1) is 7.15. The quantitative estimate of drug-likeness (QED) is 0.827. The van der Waals surface area contributed by atoms with Crippen LogP contribution in [0.25, 0.3) is 0 Å². The van der Waals surface area contributed by atoms with Gasteiger partial charge in [0.15, 0.2) is 0 Å². The maximum Gasteiger partial charge on any atom is 0.0949 e. The first-order valence-electron chi connectivity index (χ1n) is 4.76. The van der Waals surface area contributed by atoms with Crippen molar-refractivity contribution in [1.82, 2.24) is 14.8 Å².